The van der Waals surface area contributed by atoms with E-state index in [1.54, 1.807) is 24.3 Å². The molecule has 1 aromatic carbocycles. The Bertz CT molecular complexity index is 518. The maximum absolute atomic E-state index is 12.1. The van der Waals surface area contributed by atoms with Gasteiger partial charge >= 0.3 is 6.18 Å². The molecule has 1 N–H and O–H groups in total. The van der Waals surface area contributed by atoms with Crippen molar-refractivity contribution in [3.8, 4) is 5.75 Å². The average Bonchev–Trinajstić information content (AvgIpc) is 3.39. The number of benzene rings is 1. The van der Waals surface area contributed by atoms with Gasteiger partial charge in [0.25, 0.3) is 0 Å². The van der Waals surface area contributed by atoms with Gasteiger partial charge in [0.15, 0.2) is 6.61 Å². The van der Waals surface area contributed by atoms with Gasteiger partial charge in [-0.25, -0.2) is 0 Å². The van der Waals surface area contributed by atoms with E-state index >= 15 is 0 Å². The number of hydrogen-bond acceptors (Lipinski definition) is 4. The van der Waals surface area contributed by atoms with Gasteiger partial charge in [0.1, 0.15) is 5.75 Å². The summed E-state index contributed by atoms with van der Waals surface area (Å²) in [5, 5.41) is 3.35. The van der Waals surface area contributed by atoms with Crippen LogP contribution in [0.3, 0.4) is 0 Å². The predicted octanol–water partition coefficient (Wildman–Crippen LogP) is 2.58. The van der Waals surface area contributed by atoms with E-state index in [4.69, 9.17) is 9.47 Å². The lowest BCUT2D eigenvalue weighted by Crippen LogP contribution is -2.47. The van der Waals surface area contributed by atoms with E-state index in [9.17, 15) is 13.2 Å². The predicted molar refractivity (Wildman–Crippen MR) is 84.0 cm³/mol. The van der Waals surface area contributed by atoms with Gasteiger partial charge in [-0.1, -0.05) is 12.1 Å². The van der Waals surface area contributed by atoms with E-state index in [2.05, 4.69) is 10.2 Å². The zero-order valence-corrected chi connectivity index (χ0v) is 13.5. The number of nitrogens with one attached hydrogen (secondary N) is 1. The molecule has 1 saturated carbocycles. The second-order valence-corrected chi connectivity index (χ2v) is 6.40. The van der Waals surface area contributed by atoms with Crippen molar-refractivity contribution >= 4 is 0 Å². The second kappa shape index (κ2) is 7.72. The number of ether oxygens (including phenoxy) is 2. The lowest BCUT2D eigenvalue weighted by Gasteiger charge is -2.33. The van der Waals surface area contributed by atoms with Crippen LogP contribution in [-0.4, -0.2) is 56.1 Å². The minimum atomic E-state index is -4.31. The standard InChI is InChI=1S/C17H23F3N2O2/c18-17(19,20)12-24-15-5-1-13(2-6-15)9-21-10-16-11-22(7-8-23-16)14-3-4-14/h1-2,5-6,14,16,21H,3-4,7-12H2. The molecule has 2 fully saturated rings. The SMILES string of the molecule is FC(F)(F)COc1ccc(CNCC2CN(C3CC3)CCO2)cc1. The monoisotopic (exact) mass is 344 g/mol. The molecule has 2 aliphatic rings. The molecule has 1 heterocycles. The van der Waals surface area contributed by atoms with E-state index in [-0.39, 0.29) is 11.9 Å². The maximum atomic E-state index is 12.1. The molecule has 0 amide bonds. The molecule has 0 bridgehead atoms. The molecule has 1 aliphatic heterocycles. The topological polar surface area (TPSA) is 33.7 Å². The highest BCUT2D eigenvalue weighted by atomic mass is 19.4. The van der Waals surface area contributed by atoms with Crippen LogP contribution in [0, 0.1) is 0 Å². The largest absolute Gasteiger partial charge is 0.484 e. The average molecular weight is 344 g/mol. The Kier molecular flexibility index (Phi) is 5.63. The maximum Gasteiger partial charge on any atom is 0.422 e. The van der Waals surface area contributed by atoms with Gasteiger partial charge in [0.05, 0.1) is 12.7 Å². The molecular weight excluding hydrogens is 321 g/mol. The zero-order valence-electron chi connectivity index (χ0n) is 13.5. The van der Waals surface area contributed by atoms with Crippen LogP contribution in [0.1, 0.15) is 18.4 Å². The minimum Gasteiger partial charge on any atom is -0.484 e. The fraction of sp³-hybridized carbons (Fsp3) is 0.647. The number of halogens is 3. The molecule has 1 unspecified atom stereocenters. The first-order valence-corrected chi connectivity index (χ1v) is 8.34. The Morgan fingerprint density at radius 1 is 1.21 bits per heavy atom. The summed E-state index contributed by atoms with van der Waals surface area (Å²) in [5.74, 6) is 0.228. The van der Waals surface area contributed by atoms with Gasteiger partial charge in [-0.05, 0) is 30.5 Å². The van der Waals surface area contributed by atoms with Crippen LogP contribution in [0.2, 0.25) is 0 Å². The van der Waals surface area contributed by atoms with Crippen LogP contribution in [0.15, 0.2) is 24.3 Å². The Balaban J connectivity index is 1.37. The van der Waals surface area contributed by atoms with Gasteiger partial charge in [0.2, 0.25) is 0 Å². The molecule has 7 heteroatoms. The van der Waals surface area contributed by atoms with Crippen molar-refractivity contribution in [2.24, 2.45) is 0 Å². The zero-order chi connectivity index (χ0) is 17.0. The minimum absolute atomic E-state index is 0.203. The summed E-state index contributed by atoms with van der Waals surface area (Å²) in [7, 11) is 0. The quantitative estimate of drug-likeness (QED) is 0.824. The van der Waals surface area contributed by atoms with Crippen LogP contribution >= 0.6 is 0 Å². The van der Waals surface area contributed by atoms with E-state index in [1.807, 2.05) is 0 Å². The number of rotatable bonds is 7. The van der Waals surface area contributed by atoms with Gasteiger partial charge in [-0.2, -0.15) is 13.2 Å². The molecule has 0 aromatic heterocycles. The number of nitrogens with zero attached hydrogens (tertiary/aromatic N) is 1. The molecule has 1 aromatic rings. The summed E-state index contributed by atoms with van der Waals surface area (Å²) in [6.07, 6.45) is -1.49. The lowest BCUT2D eigenvalue weighted by molar-refractivity contribution is -0.153. The van der Waals surface area contributed by atoms with Crippen LogP contribution in [-0.2, 0) is 11.3 Å². The third-order valence-corrected chi connectivity index (χ3v) is 4.26. The second-order valence-electron chi connectivity index (χ2n) is 6.40. The van der Waals surface area contributed by atoms with Gasteiger partial charge in [0, 0.05) is 32.2 Å². The number of morpholine rings is 1. The Labute approximate surface area is 139 Å². The highest BCUT2D eigenvalue weighted by Gasteiger charge is 2.32. The first-order valence-electron chi connectivity index (χ1n) is 8.34. The van der Waals surface area contributed by atoms with Crippen LogP contribution in [0.25, 0.3) is 0 Å². The number of hydrogen-bond donors (Lipinski definition) is 1. The number of alkyl halides is 3. The Morgan fingerprint density at radius 3 is 2.62 bits per heavy atom. The fourth-order valence-electron chi connectivity index (χ4n) is 2.88. The summed E-state index contributed by atoms with van der Waals surface area (Å²) in [4.78, 5) is 2.50. The van der Waals surface area contributed by atoms with Crippen molar-refractivity contribution in [3.63, 3.8) is 0 Å². The molecule has 3 rings (SSSR count). The molecule has 1 saturated heterocycles. The molecule has 134 valence electrons. The van der Waals surface area contributed by atoms with E-state index in [0.29, 0.717) is 6.54 Å². The Hall–Kier alpha value is -1.31. The molecule has 0 radical (unpaired) electrons. The van der Waals surface area contributed by atoms with Crippen molar-refractivity contribution in [2.75, 3.05) is 32.8 Å². The summed E-state index contributed by atoms with van der Waals surface area (Å²) in [6, 6.07) is 7.44. The van der Waals surface area contributed by atoms with E-state index < -0.39 is 12.8 Å². The van der Waals surface area contributed by atoms with Crippen molar-refractivity contribution in [1.82, 2.24) is 10.2 Å². The van der Waals surface area contributed by atoms with Gasteiger partial charge in [-0.3, -0.25) is 4.90 Å². The smallest absolute Gasteiger partial charge is 0.422 e. The van der Waals surface area contributed by atoms with Crippen LogP contribution < -0.4 is 10.1 Å². The normalized spacial score (nSPS) is 22.5. The van der Waals surface area contributed by atoms with Crippen molar-refractivity contribution in [1.29, 1.82) is 0 Å². The van der Waals surface area contributed by atoms with Gasteiger partial charge in [-0.15, -0.1) is 0 Å². The molecular formula is C17H23F3N2O2. The lowest BCUT2D eigenvalue weighted by atomic mass is 10.2. The molecule has 0 spiro atoms. The van der Waals surface area contributed by atoms with Crippen LogP contribution in [0.5, 0.6) is 5.75 Å². The summed E-state index contributed by atoms with van der Waals surface area (Å²) >= 11 is 0. The highest BCUT2D eigenvalue weighted by Crippen LogP contribution is 2.28. The molecule has 1 aliphatic carbocycles. The Morgan fingerprint density at radius 2 is 1.96 bits per heavy atom. The summed E-state index contributed by atoms with van der Waals surface area (Å²) in [5.41, 5.74) is 1.00. The first-order chi connectivity index (χ1) is 11.5. The van der Waals surface area contributed by atoms with E-state index in [0.717, 1.165) is 37.8 Å². The van der Waals surface area contributed by atoms with Crippen molar-refractivity contribution in [2.45, 2.75) is 37.7 Å². The first kappa shape index (κ1) is 17.5. The molecule has 1 atom stereocenters. The third-order valence-electron chi connectivity index (χ3n) is 4.26. The molecule has 4 nitrogen and oxygen atoms in total. The van der Waals surface area contributed by atoms with Crippen molar-refractivity contribution < 1.29 is 22.6 Å². The van der Waals surface area contributed by atoms with Crippen LogP contribution in [0.4, 0.5) is 13.2 Å². The molecule has 24 heavy (non-hydrogen) atoms. The summed E-state index contributed by atoms with van der Waals surface area (Å²) < 4.78 is 46.8. The highest BCUT2D eigenvalue weighted by molar-refractivity contribution is 5.27. The van der Waals surface area contributed by atoms with Crippen molar-refractivity contribution in [3.05, 3.63) is 29.8 Å². The van der Waals surface area contributed by atoms with E-state index in [1.165, 1.54) is 12.8 Å². The fourth-order valence-corrected chi connectivity index (χ4v) is 2.88. The third kappa shape index (κ3) is 5.65. The van der Waals surface area contributed by atoms with Gasteiger partial charge < -0.3 is 14.8 Å². The summed E-state index contributed by atoms with van der Waals surface area (Å²) in [6.45, 7) is 2.95.